The molecule has 3 heterocycles. The zero-order valence-electron chi connectivity index (χ0n) is 10.3. The molecule has 2 nitrogen and oxygen atoms in total. The Morgan fingerprint density at radius 3 is 2.71 bits per heavy atom. The van der Waals surface area contributed by atoms with E-state index in [9.17, 15) is 0 Å². The molecule has 1 aromatic rings. The van der Waals surface area contributed by atoms with E-state index in [1.807, 2.05) is 0 Å². The van der Waals surface area contributed by atoms with Gasteiger partial charge in [0, 0.05) is 36.2 Å². The van der Waals surface area contributed by atoms with Gasteiger partial charge in [-0.05, 0) is 37.6 Å². The highest BCUT2D eigenvalue weighted by Gasteiger charge is 2.41. The first kappa shape index (κ1) is 11.7. The molecule has 4 rings (SSSR count). The maximum Gasteiger partial charge on any atom is 0.0238 e. The minimum atomic E-state index is 0.830. The van der Waals surface area contributed by atoms with Gasteiger partial charge in [0.25, 0.3) is 0 Å². The lowest BCUT2D eigenvalue weighted by Crippen LogP contribution is -2.67. The molecule has 0 amide bonds. The van der Waals surface area contributed by atoms with Crippen LogP contribution in [0.2, 0.25) is 0 Å². The van der Waals surface area contributed by atoms with E-state index in [-0.39, 0.29) is 0 Å². The predicted octanol–water partition coefficient (Wildman–Crippen LogP) is 2.38. The summed E-state index contributed by atoms with van der Waals surface area (Å²) in [5, 5.41) is 0. The number of nitrogens with zero attached hydrogens (tertiary/aromatic N) is 2. The van der Waals surface area contributed by atoms with Gasteiger partial charge in [-0.3, -0.25) is 9.80 Å². The summed E-state index contributed by atoms with van der Waals surface area (Å²) in [5.41, 5.74) is 1.44. The molecule has 1 aromatic carbocycles. The van der Waals surface area contributed by atoms with Crippen LogP contribution >= 0.6 is 15.9 Å². The highest BCUT2D eigenvalue weighted by molar-refractivity contribution is 9.10. The first-order valence-corrected chi connectivity index (χ1v) is 7.20. The maximum atomic E-state index is 3.53. The SMILES string of the molecule is CN1C2CC1CN(CCc1cccc(Br)c1)C2. The molecule has 3 fully saturated rings. The lowest BCUT2D eigenvalue weighted by Gasteiger charge is -2.55. The third-order valence-corrected chi connectivity index (χ3v) is 4.73. The van der Waals surface area contributed by atoms with E-state index in [4.69, 9.17) is 0 Å². The second-order valence-electron chi connectivity index (χ2n) is 5.35. The molecule has 0 aliphatic carbocycles. The third kappa shape index (κ3) is 2.42. The average molecular weight is 295 g/mol. The van der Waals surface area contributed by atoms with E-state index in [0.717, 1.165) is 12.1 Å². The summed E-state index contributed by atoms with van der Waals surface area (Å²) in [5.74, 6) is 0. The predicted molar refractivity (Wildman–Crippen MR) is 74.2 cm³/mol. The Balaban J connectivity index is 1.52. The summed E-state index contributed by atoms with van der Waals surface area (Å²) >= 11 is 3.53. The zero-order chi connectivity index (χ0) is 11.8. The fourth-order valence-corrected chi connectivity index (χ4v) is 3.49. The second-order valence-corrected chi connectivity index (χ2v) is 6.26. The fourth-order valence-electron chi connectivity index (χ4n) is 3.05. The van der Waals surface area contributed by atoms with E-state index < -0.39 is 0 Å². The van der Waals surface area contributed by atoms with Crippen molar-refractivity contribution in [3.05, 3.63) is 34.3 Å². The Hall–Kier alpha value is -0.380. The average Bonchev–Trinajstić information content (AvgIpc) is 2.36. The minimum absolute atomic E-state index is 0.830. The van der Waals surface area contributed by atoms with Crippen LogP contribution in [0.25, 0.3) is 0 Å². The smallest absolute Gasteiger partial charge is 0.0238 e. The van der Waals surface area contributed by atoms with Crippen molar-refractivity contribution >= 4 is 15.9 Å². The highest BCUT2D eigenvalue weighted by Crippen LogP contribution is 2.30. The summed E-state index contributed by atoms with van der Waals surface area (Å²) in [7, 11) is 2.27. The third-order valence-electron chi connectivity index (χ3n) is 4.24. The van der Waals surface area contributed by atoms with Crippen molar-refractivity contribution in [2.24, 2.45) is 0 Å². The van der Waals surface area contributed by atoms with Crippen LogP contribution in [0, 0.1) is 0 Å². The van der Waals surface area contributed by atoms with Gasteiger partial charge in [0.15, 0.2) is 0 Å². The normalized spacial score (nSPS) is 29.1. The van der Waals surface area contributed by atoms with E-state index in [2.05, 4.69) is 57.0 Å². The summed E-state index contributed by atoms with van der Waals surface area (Å²) in [6.45, 7) is 3.74. The number of piperidine rings is 1. The van der Waals surface area contributed by atoms with Crippen LogP contribution in [-0.2, 0) is 6.42 Å². The number of hydrogen-bond acceptors (Lipinski definition) is 2. The van der Waals surface area contributed by atoms with Crippen molar-refractivity contribution in [3.8, 4) is 0 Å². The van der Waals surface area contributed by atoms with Gasteiger partial charge >= 0.3 is 0 Å². The molecule has 92 valence electrons. The Bertz CT molecular complexity index is 395. The number of benzene rings is 1. The molecular formula is C14H19BrN2. The number of halogens is 1. The largest absolute Gasteiger partial charge is 0.300 e. The van der Waals surface area contributed by atoms with E-state index >= 15 is 0 Å². The van der Waals surface area contributed by atoms with Gasteiger partial charge in [-0.1, -0.05) is 28.1 Å². The molecule has 3 aliphatic rings. The molecule has 2 unspecified atom stereocenters. The molecular weight excluding hydrogens is 276 g/mol. The quantitative estimate of drug-likeness (QED) is 0.845. The number of likely N-dealkylation sites (N-methyl/N-ethyl adjacent to an activating group) is 1. The molecule has 0 saturated carbocycles. The number of fused-ring (bicyclic) bond motifs is 2. The Labute approximate surface area is 112 Å². The Morgan fingerprint density at radius 1 is 1.29 bits per heavy atom. The van der Waals surface area contributed by atoms with E-state index in [1.54, 1.807) is 0 Å². The van der Waals surface area contributed by atoms with Crippen LogP contribution in [0.3, 0.4) is 0 Å². The lowest BCUT2D eigenvalue weighted by atomic mass is 9.88. The van der Waals surface area contributed by atoms with Crippen LogP contribution in [0.5, 0.6) is 0 Å². The van der Waals surface area contributed by atoms with Crippen molar-refractivity contribution < 1.29 is 0 Å². The number of piperazine rings is 1. The van der Waals surface area contributed by atoms with Gasteiger partial charge in [-0.15, -0.1) is 0 Å². The molecule has 0 spiro atoms. The summed E-state index contributed by atoms with van der Waals surface area (Å²) in [6, 6.07) is 10.3. The molecule has 0 aromatic heterocycles. The molecule has 2 bridgehead atoms. The van der Waals surface area contributed by atoms with Gasteiger partial charge < -0.3 is 0 Å². The Morgan fingerprint density at radius 2 is 2.06 bits per heavy atom. The summed E-state index contributed by atoms with van der Waals surface area (Å²) in [6.07, 6.45) is 2.59. The van der Waals surface area contributed by atoms with Gasteiger partial charge in [-0.25, -0.2) is 0 Å². The van der Waals surface area contributed by atoms with Crippen LogP contribution in [0.15, 0.2) is 28.7 Å². The minimum Gasteiger partial charge on any atom is -0.300 e. The first-order valence-electron chi connectivity index (χ1n) is 6.41. The fraction of sp³-hybridized carbons (Fsp3) is 0.571. The monoisotopic (exact) mass is 294 g/mol. The maximum absolute atomic E-state index is 3.53. The summed E-state index contributed by atoms with van der Waals surface area (Å²) < 4.78 is 1.19. The standard InChI is InChI=1S/C14H19BrN2/c1-16-13-8-14(16)10-17(9-13)6-5-11-3-2-4-12(15)7-11/h2-4,7,13-14H,5-6,8-10H2,1H3. The second kappa shape index (κ2) is 4.71. The van der Waals surface area contributed by atoms with Gasteiger partial charge in [0.1, 0.15) is 0 Å². The van der Waals surface area contributed by atoms with Gasteiger partial charge in [0.2, 0.25) is 0 Å². The molecule has 17 heavy (non-hydrogen) atoms. The number of rotatable bonds is 3. The van der Waals surface area contributed by atoms with E-state index in [0.29, 0.717) is 0 Å². The van der Waals surface area contributed by atoms with Crippen molar-refractivity contribution in [3.63, 3.8) is 0 Å². The molecule has 0 radical (unpaired) electrons. The molecule has 2 atom stereocenters. The van der Waals surface area contributed by atoms with E-state index in [1.165, 1.54) is 42.5 Å². The Kier molecular flexibility index (Phi) is 3.24. The van der Waals surface area contributed by atoms with Crippen LogP contribution in [-0.4, -0.2) is 48.6 Å². The van der Waals surface area contributed by atoms with Gasteiger partial charge in [0.05, 0.1) is 0 Å². The van der Waals surface area contributed by atoms with Crippen LogP contribution in [0.1, 0.15) is 12.0 Å². The molecule has 0 N–H and O–H groups in total. The molecule has 3 heteroatoms. The van der Waals surface area contributed by atoms with Crippen LogP contribution < -0.4 is 0 Å². The first-order chi connectivity index (χ1) is 8.22. The van der Waals surface area contributed by atoms with Crippen molar-refractivity contribution in [1.29, 1.82) is 0 Å². The van der Waals surface area contributed by atoms with Crippen molar-refractivity contribution in [2.75, 3.05) is 26.7 Å². The lowest BCUT2D eigenvalue weighted by molar-refractivity contribution is -0.0497. The zero-order valence-corrected chi connectivity index (χ0v) is 11.9. The van der Waals surface area contributed by atoms with Crippen LogP contribution in [0.4, 0.5) is 0 Å². The molecule has 3 aliphatic heterocycles. The van der Waals surface area contributed by atoms with Gasteiger partial charge in [-0.2, -0.15) is 0 Å². The van der Waals surface area contributed by atoms with Crippen molar-refractivity contribution in [2.45, 2.75) is 24.9 Å². The molecule has 3 saturated heterocycles. The van der Waals surface area contributed by atoms with Crippen molar-refractivity contribution in [1.82, 2.24) is 9.80 Å². The topological polar surface area (TPSA) is 6.48 Å². The summed E-state index contributed by atoms with van der Waals surface area (Å²) in [4.78, 5) is 5.16. The number of hydrogen-bond donors (Lipinski definition) is 0. The highest BCUT2D eigenvalue weighted by atomic mass is 79.9.